The maximum atomic E-state index is 12.8. The number of carbonyl (C=O) groups excluding carboxylic acids is 2. The van der Waals surface area contributed by atoms with Crippen LogP contribution in [-0.2, 0) is 0 Å². The number of urea groups is 1. The highest BCUT2D eigenvalue weighted by molar-refractivity contribution is 7.15. The molecule has 1 N–H and O–H groups in total. The monoisotopic (exact) mass is 480 g/mol. The molecule has 33 heavy (non-hydrogen) atoms. The average Bonchev–Trinajstić information content (AvgIpc) is 3.28. The van der Waals surface area contributed by atoms with Crippen LogP contribution >= 0.6 is 11.3 Å². The highest BCUT2D eigenvalue weighted by Crippen LogP contribution is 2.50. The van der Waals surface area contributed by atoms with Crippen molar-refractivity contribution in [2.75, 3.05) is 25.5 Å². The van der Waals surface area contributed by atoms with Crippen LogP contribution in [0.1, 0.15) is 23.2 Å². The molecule has 2 fully saturated rings. The van der Waals surface area contributed by atoms with Gasteiger partial charge >= 0.3 is 12.4 Å². The minimum absolute atomic E-state index is 0.00465. The van der Waals surface area contributed by atoms with E-state index in [1.165, 1.54) is 16.2 Å². The molecule has 3 aromatic heterocycles. The first-order chi connectivity index (χ1) is 15.6. The smallest absolute Gasteiger partial charge is 0.406 e. The Balaban J connectivity index is 1.13. The van der Waals surface area contributed by atoms with Gasteiger partial charge in [0.05, 0.1) is 11.8 Å². The van der Waals surface area contributed by atoms with Crippen LogP contribution in [0.25, 0.3) is 4.83 Å². The summed E-state index contributed by atoms with van der Waals surface area (Å²) in [7, 11) is 1.63. The Kier molecular flexibility index (Phi) is 4.96. The summed E-state index contributed by atoms with van der Waals surface area (Å²) in [5, 5.41) is 8.56. The number of halogens is 3. The third-order valence-corrected chi connectivity index (χ3v) is 6.99. The van der Waals surface area contributed by atoms with Gasteiger partial charge in [-0.1, -0.05) is 0 Å². The predicted octanol–water partition coefficient (Wildman–Crippen LogP) is 3.46. The molecular formula is C20H19F3N6O3S. The van der Waals surface area contributed by atoms with Crippen LogP contribution in [-0.4, -0.2) is 68.9 Å². The van der Waals surface area contributed by atoms with Crippen molar-refractivity contribution >= 4 is 33.9 Å². The second-order valence-corrected chi connectivity index (χ2v) is 9.29. The minimum Gasteiger partial charge on any atom is -0.406 e. The fourth-order valence-corrected chi connectivity index (χ4v) is 5.25. The number of nitrogens with one attached hydrogen (secondary N) is 1. The number of carbonyl (C=O) groups is 2. The number of fused-ring (bicyclic) bond motifs is 1. The van der Waals surface area contributed by atoms with E-state index in [-0.39, 0.29) is 23.2 Å². The number of alkyl halides is 3. The number of nitrogens with zero attached hydrogens (tertiary/aromatic N) is 5. The number of ether oxygens (including phenoxy) is 1. The number of hydrogen-bond acceptors (Lipinski definition) is 6. The largest absolute Gasteiger partial charge is 0.573 e. The molecule has 1 spiro atoms. The molecule has 13 heteroatoms. The number of aromatic nitrogens is 3. The van der Waals surface area contributed by atoms with Gasteiger partial charge < -0.3 is 14.5 Å². The second-order valence-electron chi connectivity index (χ2n) is 8.40. The predicted molar refractivity (Wildman–Crippen MR) is 112 cm³/mol. The van der Waals surface area contributed by atoms with Crippen LogP contribution in [0.4, 0.5) is 23.8 Å². The Hall–Kier alpha value is -3.35. The van der Waals surface area contributed by atoms with Gasteiger partial charge in [0.25, 0.3) is 5.91 Å². The van der Waals surface area contributed by atoms with Crippen molar-refractivity contribution in [2.45, 2.75) is 25.2 Å². The molecule has 3 amide bonds. The molecule has 2 aliphatic rings. The second kappa shape index (κ2) is 7.61. The maximum absolute atomic E-state index is 12.8. The summed E-state index contributed by atoms with van der Waals surface area (Å²) < 4.78 is 42.7. The fraction of sp³-hybridized carbons (Fsp3) is 0.400. The standard InChI is InChI=1S/C20H19F3N6O3S/c1-27(18(31)26-15-6-13(2-3-24-15)32-20(21,22)23)12-7-19(8-12)10-28(11-19)16(30)14-9-25-29-4-5-33-17(14)29/h2-6,9,12H,7-8,10-11H2,1H3,(H,24,26,31). The van der Waals surface area contributed by atoms with E-state index in [9.17, 15) is 22.8 Å². The topological polar surface area (TPSA) is 92.1 Å². The molecule has 0 aromatic carbocycles. The Labute approximate surface area is 189 Å². The normalized spacial score (nSPS) is 17.5. The van der Waals surface area contributed by atoms with Gasteiger partial charge in [-0.3, -0.25) is 10.1 Å². The molecule has 5 rings (SSSR count). The van der Waals surface area contributed by atoms with E-state index in [1.54, 1.807) is 28.9 Å². The third-order valence-electron chi connectivity index (χ3n) is 6.11. The van der Waals surface area contributed by atoms with Gasteiger partial charge in [-0.25, -0.2) is 14.3 Å². The van der Waals surface area contributed by atoms with E-state index in [4.69, 9.17) is 0 Å². The minimum atomic E-state index is -4.83. The van der Waals surface area contributed by atoms with E-state index in [0.717, 1.165) is 36.0 Å². The summed E-state index contributed by atoms with van der Waals surface area (Å²) in [5.41, 5.74) is 0.589. The lowest BCUT2D eigenvalue weighted by Gasteiger charge is -2.60. The van der Waals surface area contributed by atoms with Crippen molar-refractivity contribution in [3.63, 3.8) is 0 Å². The molecule has 4 heterocycles. The van der Waals surface area contributed by atoms with E-state index < -0.39 is 18.1 Å². The van der Waals surface area contributed by atoms with Crippen molar-refractivity contribution in [1.29, 1.82) is 0 Å². The van der Waals surface area contributed by atoms with Crippen LogP contribution in [0.2, 0.25) is 0 Å². The summed E-state index contributed by atoms with van der Waals surface area (Å²) in [5.74, 6) is -0.542. The van der Waals surface area contributed by atoms with Gasteiger partial charge in [0.2, 0.25) is 0 Å². The molecule has 1 aliphatic heterocycles. The molecule has 174 valence electrons. The molecule has 9 nitrogen and oxygen atoms in total. The summed E-state index contributed by atoms with van der Waals surface area (Å²) in [6.07, 6.45) is 1.18. The first kappa shape index (κ1) is 21.5. The van der Waals surface area contributed by atoms with Crippen molar-refractivity contribution in [3.05, 3.63) is 41.7 Å². The van der Waals surface area contributed by atoms with Gasteiger partial charge in [-0.15, -0.1) is 24.5 Å². The van der Waals surface area contributed by atoms with Gasteiger partial charge in [-0.2, -0.15) is 5.10 Å². The quantitative estimate of drug-likeness (QED) is 0.618. The third kappa shape index (κ3) is 4.08. The number of pyridine rings is 1. The Morgan fingerprint density at radius 2 is 2.09 bits per heavy atom. The first-order valence-electron chi connectivity index (χ1n) is 10.1. The van der Waals surface area contributed by atoms with Crippen molar-refractivity contribution in [1.82, 2.24) is 24.4 Å². The van der Waals surface area contributed by atoms with Crippen molar-refractivity contribution in [2.24, 2.45) is 5.41 Å². The van der Waals surface area contributed by atoms with Crippen LogP contribution in [0.5, 0.6) is 5.75 Å². The summed E-state index contributed by atoms with van der Waals surface area (Å²) in [6.45, 7) is 1.25. The van der Waals surface area contributed by atoms with Crippen LogP contribution < -0.4 is 10.1 Å². The number of thiazole rings is 1. The summed E-state index contributed by atoms with van der Waals surface area (Å²) in [6, 6.07) is 1.56. The van der Waals surface area contributed by atoms with Gasteiger partial charge in [-0.05, 0) is 18.9 Å². The van der Waals surface area contributed by atoms with Gasteiger partial charge in [0, 0.05) is 55.4 Å². The van der Waals surface area contributed by atoms with Crippen LogP contribution in [0, 0.1) is 5.41 Å². The van der Waals surface area contributed by atoms with Gasteiger partial charge in [0.15, 0.2) is 0 Å². The summed E-state index contributed by atoms with van der Waals surface area (Å²) >= 11 is 1.47. The lowest BCUT2D eigenvalue weighted by Crippen LogP contribution is -2.67. The Bertz CT molecular complexity index is 1210. The molecule has 1 saturated carbocycles. The average molecular weight is 480 g/mol. The van der Waals surface area contributed by atoms with Gasteiger partial charge in [0.1, 0.15) is 16.4 Å². The number of hydrogen-bond donors (Lipinski definition) is 1. The number of rotatable bonds is 4. The first-order valence-corrected chi connectivity index (χ1v) is 11.0. The Morgan fingerprint density at radius 1 is 1.33 bits per heavy atom. The van der Waals surface area contributed by atoms with E-state index in [0.29, 0.717) is 18.7 Å². The zero-order chi connectivity index (χ0) is 23.4. The molecule has 1 aliphatic carbocycles. The highest BCUT2D eigenvalue weighted by atomic mass is 32.1. The molecule has 3 aromatic rings. The molecule has 0 atom stereocenters. The zero-order valence-corrected chi connectivity index (χ0v) is 18.2. The van der Waals surface area contributed by atoms with E-state index in [2.05, 4.69) is 20.1 Å². The van der Waals surface area contributed by atoms with Crippen molar-refractivity contribution in [3.8, 4) is 5.75 Å². The lowest BCUT2D eigenvalue weighted by atomic mass is 9.60. The highest BCUT2D eigenvalue weighted by Gasteiger charge is 2.55. The van der Waals surface area contributed by atoms with Crippen LogP contribution in [0.15, 0.2) is 36.1 Å². The molecule has 0 radical (unpaired) electrons. The molecule has 0 bridgehead atoms. The lowest BCUT2D eigenvalue weighted by molar-refractivity contribution is -0.274. The number of likely N-dealkylation sites (tertiary alicyclic amines) is 1. The summed E-state index contributed by atoms with van der Waals surface area (Å²) in [4.78, 5) is 33.3. The van der Waals surface area contributed by atoms with Crippen molar-refractivity contribution < 1.29 is 27.5 Å². The number of anilines is 1. The molecule has 1 saturated heterocycles. The number of amides is 3. The zero-order valence-electron chi connectivity index (χ0n) is 17.4. The SMILES string of the molecule is CN(C(=O)Nc1cc(OC(F)(F)F)ccn1)C1CC2(C1)CN(C(=O)c1cnn3ccsc13)C2. The Morgan fingerprint density at radius 3 is 2.82 bits per heavy atom. The molecular weight excluding hydrogens is 461 g/mol. The maximum Gasteiger partial charge on any atom is 0.573 e. The fourth-order valence-electron chi connectivity index (χ4n) is 4.46. The van der Waals surface area contributed by atoms with Crippen LogP contribution in [0.3, 0.4) is 0 Å². The van der Waals surface area contributed by atoms with E-state index >= 15 is 0 Å². The van der Waals surface area contributed by atoms with E-state index in [1.807, 2.05) is 5.38 Å². The molecule has 0 unspecified atom stereocenters.